The van der Waals surface area contributed by atoms with Gasteiger partial charge < -0.3 is 5.73 Å². The molecule has 0 fully saturated rings. The summed E-state index contributed by atoms with van der Waals surface area (Å²) in [5, 5.41) is 0. The molecule has 0 radical (unpaired) electrons. The van der Waals surface area contributed by atoms with Crippen molar-refractivity contribution in [3.05, 3.63) is 29.3 Å². The summed E-state index contributed by atoms with van der Waals surface area (Å²) in [5.74, 6) is -6.16. The summed E-state index contributed by atoms with van der Waals surface area (Å²) < 4.78 is 51.7. The second kappa shape index (κ2) is 4.96. The van der Waals surface area contributed by atoms with Gasteiger partial charge >= 0.3 is 0 Å². The summed E-state index contributed by atoms with van der Waals surface area (Å²) in [6.45, 7) is 1.78. The molecular formula is C10H10F4N2. The number of nitrogens with zero attached hydrogens (tertiary/aromatic N) is 1. The maximum Gasteiger partial charge on any atom is 0.187 e. The monoisotopic (exact) mass is 234 g/mol. The Kier molecular flexibility index (Phi) is 3.87. The fourth-order valence-electron chi connectivity index (χ4n) is 1.11. The Labute approximate surface area is 89.8 Å². The van der Waals surface area contributed by atoms with E-state index in [1.165, 1.54) is 0 Å². The molecule has 2 N–H and O–H groups in total. The number of rotatable bonds is 3. The second-order valence-electron chi connectivity index (χ2n) is 3.17. The van der Waals surface area contributed by atoms with Gasteiger partial charge in [-0.3, -0.25) is 0 Å². The van der Waals surface area contributed by atoms with Crippen LogP contribution in [0.15, 0.2) is 11.1 Å². The smallest absolute Gasteiger partial charge is 0.187 e. The molecule has 0 bridgehead atoms. The SMILES string of the molecule is CCCC(N)=Nc1c(F)c(F)cc(F)c1F. The van der Waals surface area contributed by atoms with Gasteiger partial charge in [0.05, 0.1) is 5.84 Å². The lowest BCUT2D eigenvalue weighted by molar-refractivity contribution is 0.457. The minimum absolute atomic E-state index is 0.0784. The van der Waals surface area contributed by atoms with Gasteiger partial charge in [-0.15, -0.1) is 0 Å². The van der Waals surface area contributed by atoms with Crippen LogP contribution in [0.25, 0.3) is 0 Å². The van der Waals surface area contributed by atoms with Crippen molar-refractivity contribution < 1.29 is 17.6 Å². The van der Waals surface area contributed by atoms with Gasteiger partial charge in [0.15, 0.2) is 23.3 Å². The Bertz CT molecular complexity index is 403. The number of halogens is 4. The zero-order valence-electron chi connectivity index (χ0n) is 8.53. The van der Waals surface area contributed by atoms with Crippen molar-refractivity contribution in [3.8, 4) is 0 Å². The van der Waals surface area contributed by atoms with Crippen molar-refractivity contribution in [1.29, 1.82) is 0 Å². The van der Waals surface area contributed by atoms with Gasteiger partial charge in [0.25, 0.3) is 0 Å². The second-order valence-corrected chi connectivity index (χ2v) is 3.17. The number of benzene rings is 1. The molecule has 0 saturated carbocycles. The first-order chi connectivity index (χ1) is 7.47. The number of hydrogen-bond acceptors (Lipinski definition) is 1. The zero-order chi connectivity index (χ0) is 12.3. The molecule has 0 amide bonds. The van der Waals surface area contributed by atoms with E-state index < -0.39 is 29.0 Å². The van der Waals surface area contributed by atoms with E-state index in [-0.39, 0.29) is 18.3 Å². The number of aliphatic imine (C=N–C) groups is 1. The first kappa shape index (κ1) is 12.5. The fraction of sp³-hybridized carbons (Fsp3) is 0.300. The molecule has 88 valence electrons. The average Bonchev–Trinajstić information content (AvgIpc) is 2.22. The van der Waals surface area contributed by atoms with Crippen LogP contribution in [0.2, 0.25) is 0 Å². The summed E-state index contributed by atoms with van der Waals surface area (Å²) >= 11 is 0. The maximum atomic E-state index is 13.1. The van der Waals surface area contributed by atoms with E-state index in [4.69, 9.17) is 5.73 Å². The molecule has 1 rings (SSSR count). The molecular weight excluding hydrogens is 224 g/mol. The predicted molar refractivity (Wildman–Crippen MR) is 52.5 cm³/mol. The average molecular weight is 234 g/mol. The van der Waals surface area contributed by atoms with E-state index in [1.807, 2.05) is 0 Å². The Balaban J connectivity index is 3.27. The van der Waals surface area contributed by atoms with Crippen molar-refractivity contribution in [2.75, 3.05) is 0 Å². The van der Waals surface area contributed by atoms with Gasteiger partial charge in [-0.25, -0.2) is 22.6 Å². The Morgan fingerprint density at radius 1 is 1.19 bits per heavy atom. The molecule has 0 aliphatic carbocycles. The van der Waals surface area contributed by atoms with Crippen LogP contribution in [0.4, 0.5) is 23.2 Å². The van der Waals surface area contributed by atoms with E-state index in [2.05, 4.69) is 4.99 Å². The van der Waals surface area contributed by atoms with Crippen LogP contribution in [0, 0.1) is 23.3 Å². The van der Waals surface area contributed by atoms with E-state index in [0.717, 1.165) is 0 Å². The molecule has 1 aromatic carbocycles. The van der Waals surface area contributed by atoms with Crippen molar-refractivity contribution in [2.24, 2.45) is 10.7 Å². The molecule has 0 aromatic heterocycles. The molecule has 0 aliphatic heterocycles. The third-order valence-electron chi connectivity index (χ3n) is 1.85. The highest BCUT2D eigenvalue weighted by Crippen LogP contribution is 2.26. The first-order valence-corrected chi connectivity index (χ1v) is 4.63. The molecule has 16 heavy (non-hydrogen) atoms. The summed E-state index contributed by atoms with van der Waals surface area (Å²) in [6, 6.07) is 0.125. The number of nitrogens with two attached hydrogens (primary N) is 1. The molecule has 0 unspecified atom stereocenters. The number of amidine groups is 1. The molecule has 1 aromatic rings. The third-order valence-corrected chi connectivity index (χ3v) is 1.85. The van der Waals surface area contributed by atoms with Crippen molar-refractivity contribution in [2.45, 2.75) is 19.8 Å². The van der Waals surface area contributed by atoms with Crippen LogP contribution < -0.4 is 5.73 Å². The van der Waals surface area contributed by atoms with E-state index >= 15 is 0 Å². The van der Waals surface area contributed by atoms with E-state index in [0.29, 0.717) is 6.42 Å². The fourth-order valence-corrected chi connectivity index (χ4v) is 1.11. The summed E-state index contributed by atoms with van der Waals surface area (Å²) in [7, 11) is 0. The van der Waals surface area contributed by atoms with Crippen LogP contribution in [0.3, 0.4) is 0 Å². The van der Waals surface area contributed by atoms with Gasteiger partial charge in [0, 0.05) is 12.5 Å². The van der Waals surface area contributed by atoms with Gasteiger partial charge in [-0.05, 0) is 6.42 Å². The third kappa shape index (κ3) is 2.50. The van der Waals surface area contributed by atoms with Gasteiger partial charge in [-0.1, -0.05) is 6.92 Å². The molecule has 2 nitrogen and oxygen atoms in total. The van der Waals surface area contributed by atoms with Crippen molar-refractivity contribution in [3.63, 3.8) is 0 Å². The minimum atomic E-state index is -1.54. The molecule has 0 aliphatic rings. The summed E-state index contributed by atoms with van der Waals surface area (Å²) in [5.41, 5.74) is 4.30. The Morgan fingerprint density at radius 3 is 2.12 bits per heavy atom. The highest BCUT2D eigenvalue weighted by Gasteiger charge is 2.18. The zero-order valence-corrected chi connectivity index (χ0v) is 8.53. The van der Waals surface area contributed by atoms with Gasteiger partial charge in [-0.2, -0.15) is 0 Å². The van der Waals surface area contributed by atoms with Crippen molar-refractivity contribution in [1.82, 2.24) is 0 Å². The standard InChI is InChI=1S/C10H10F4N2/c1-2-3-7(15)16-10-8(13)5(11)4-6(12)9(10)14/h4H,2-3H2,1H3,(H2,15,16). The molecule has 6 heteroatoms. The lowest BCUT2D eigenvalue weighted by Gasteiger charge is -2.03. The molecule has 0 saturated heterocycles. The molecule has 0 heterocycles. The summed E-state index contributed by atoms with van der Waals surface area (Å²) in [4.78, 5) is 3.33. The maximum absolute atomic E-state index is 13.1. The molecule has 0 spiro atoms. The highest BCUT2D eigenvalue weighted by atomic mass is 19.2. The van der Waals surface area contributed by atoms with Gasteiger partial charge in [0.1, 0.15) is 5.69 Å². The van der Waals surface area contributed by atoms with Crippen molar-refractivity contribution >= 4 is 11.5 Å². The van der Waals surface area contributed by atoms with E-state index in [9.17, 15) is 17.6 Å². The largest absolute Gasteiger partial charge is 0.387 e. The highest BCUT2D eigenvalue weighted by molar-refractivity contribution is 5.83. The molecule has 0 atom stereocenters. The van der Waals surface area contributed by atoms with Crippen LogP contribution in [-0.4, -0.2) is 5.84 Å². The lowest BCUT2D eigenvalue weighted by atomic mass is 10.2. The Morgan fingerprint density at radius 2 is 1.69 bits per heavy atom. The first-order valence-electron chi connectivity index (χ1n) is 4.63. The van der Waals surface area contributed by atoms with Gasteiger partial charge in [0.2, 0.25) is 0 Å². The Hall–Kier alpha value is -1.59. The van der Waals surface area contributed by atoms with Crippen LogP contribution in [0.1, 0.15) is 19.8 Å². The summed E-state index contributed by atoms with van der Waals surface area (Å²) in [6.07, 6.45) is 0.896. The normalized spacial score (nSPS) is 11.9. The van der Waals surface area contributed by atoms with Crippen LogP contribution in [0.5, 0.6) is 0 Å². The van der Waals surface area contributed by atoms with Crippen LogP contribution >= 0.6 is 0 Å². The van der Waals surface area contributed by atoms with E-state index in [1.54, 1.807) is 6.92 Å². The quantitative estimate of drug-likeness (QED) is 0.371. The predicted octanol–water partition coefficient (Wildman–Crippen LogP) is 3.03. The topological polar surface area (TPSA) is 38.4 Å². The number of hydrogen-bond donors (Lipinski definition) is 1. The van der Waals surface area contributed by atoms with Crippen LogP contribution in [-0.2, 0) is 0 Å². The minimum Gasteiger partial charge on any atom is -0.387 e. The lowest BCUT2D eigenvalue weighted by Crippen LogP contribution is -2.11.